The van der Waals surface area contributed by atoms with Crippen molar-refractivity contribution in [1.82, 2.24) is 0 Å². The van der Waals surface area contributed by atoms with Gasteiger partial charge in [0, 0.05) is 32.7 Å². The molecule has 0 aromatic carbocycles. The molecule has 35 valence electrons. The molecule has 2 nitrogen and oxygen atoms in total. The SMILES string of the molecule is CF.O=[C-]O.[Y]. The second-order valence-corrected chi connectivity index (χ2v) is 0.0913. The number of hydrogen-bond acceptors (Lipinski definition) is 1. The number of alkyl halides is 1. The van der Waals surface area contributed by atoms with E-state index in [-0.39, 0.29) is 32.7 Å². The topological polar surface area (TPSA) is 37.3 Å². The van der Waals surface area contributed by atoms with Gasteiger partial charge in [0.1, 0.15) is 0 Å². The zero-order chi connectivity index (χ0) is 4.71. The normalized spacial score (nSPS) is 3.00. The monoisotopic (exact) mass is 168 g/mol. The maximum atomic E-state index is 9.50. The van der Waals surface area contributed by atoms with Gasteiger partial charge in [-0.3, -0.25) is 4.39 Å². The standard InChI is InChI=1S/CH3F.CHO2.Y/c1-2;2-1-3;/h1H3;(H,2,3);/q;-1;. The molecule has 0 aliphatic carbocycles. The molecule has 0 aliphatic heterocycles. The van der Waals surface area contributed by atoms with Crippen LogP contribution >= 0.6 is 0 Å². The number of halogens is 1. The molecular formula is C2H4FO2Y-. The molecule has 0 rings (SSSR count). The van der Waals surface area contributed by atoms with Gasteiger partial charge in [0.2, 0.25) is 0 Å². The smallest absolute Gasteiger partial charge is 0.0785 e. The van der Waals surface area contributed by atoms with Crippen LogP contribution in [0.15, 0.2) is 0 Å². The first-order valence-corrected chi connectivity index (χ1v) is 0.806. The van der Waals surface area contributed by atoms with Gasteiger partial charge in [0.05, 0.1) is 7.18 Å². The van der Waals surface area contributed by atoms with Crippen LogP contribution in [0.2, 0.25) is 0 Å². The van der Waals surface area contributed by atoms with Crippen LogP contribution in [0, 0.1) is 0 Å². The first kappa shape index (κ1) is 16.0. The zero-order valence-electron chi connectivity index (χ0n) is 3.31. The van der Waals surface area contributed by atoms with Gasteiger partial charge in [0.15, 0.2) is 0 Å². The van der Waals surface area contributed by atoms with Crippen molar-refractivity contribution in [3.63, 3.8) is 0 Å². The number of rotatable bonds is 0. The van der Waals surface area contributed by atoms with Crippen LogP contribution in [0.3, 0.4) is 0 Å². The maximum Gasteiger partial charge on any atom is 0.0785 e. The van der Waals surface area contributed by atoms with Crippen LogP contribution in [0.25, 0.3) is 0 Å². The molecule has 4 heteroatoms. The Kier molecular flexibility index (Phi) is 132. The molecule has 0 heterocycles. The molecular weight excluding hydrogens is 164 g/mol. The Hall–Kier alpha value is 0.504. The van der Waals surface area contributed by atoms with Crippen LogP contribution in [0.5, 0.6) is 0 Å². The molecule has 0 fully saturated rings. The summed E-state index contributed by atoms with van der Waals surface area (Å²) in [7, 11) is 0.500. The van der Waals surface area contributed by atoms with E-state index in [1.807, 2.05) is 0 Å². The summed E-state index contributed by atoms with van der Waals surface area (Å²) < 4.78 is 9.50. The third-order valence-electron chi connectivity index (χ3n) is 0. The van der Waals surface area contributed by atoms with Gasteiger partial charge in [-0.05, 0) is 0 Å². The van der Waals surface area contributed by atoms with Crippen molar-refractivity contribution >= 4 is 6.47 Å². The molecule has 0 bridgehead atoms. The van der Waals surface area contributed by atoms with E-state index < -0.39 is 0 Å². The van der Waals surface area contributed by atoms with Crippen molar-refractivity contribution in [2.75, 3.05) is 7.18 Å². The minimum absolute atomic E-state index is 0. The Morgan fingerprint density at radius 1 is 1.67 bits per heavy atom. The predicted octanol–water partition coefficient (Wildman–Crippen LogP) is 0.195. The molecule has 0 aromatic heterocycles. The maximum absolute atomic E-state index is 9.50. The Balaban J connectivity index is -0.0000000275. The summed E-state index contributed by atoms with van der Waals surface area (Å²) in [4.78, 5) is 8.24. The van der Waals surface area contributed by atoms with E-state index in [1.165, 1.54) is 0 Å². The van der Waals surface area contributed by atoms with E-state index in [1.54, 1.807) is 0 Å². The first-order valence-electron chi connectivity index (χ1n) is 0.806. The van der Waals surface area contributed by atoms with Crippen molar-refractivity contribution in [1.29, 1.82) is 0 Å². The van der Waals surface area contributed by atoms with Gasteiger partial charge in [-0.25, -0.2) is 0 Å². The first-order chi connectivity index (χ1) is 2.41. The molecule has 0 spiro atoms. The van der Waals surface area contributed by atoms with Crippen LogP contribution in [-0.2, 0) is 37.5 Å². The molecule has 0 atom stereocenters. The Labute approximate surface area is 60.6 Å². The van der Waals surface area contributed by atoms with E-state index in [4.69, 9.17) is 9.90 Å². The fraction of sp³-hybridized carbons (Fsp3) is 0.500. The summed E-state index contributed by atoms with van der Waals surface area (Å²) in [6, 6.07) is 0. The molecule has 1 N–H and O–H groups in total. The summed E-state index contributed by atoms with van der Waals surface area (Å²) in [5.41, 5.74) is 0. The Morgan fingerprint density at radius 3 is 1.67 bits per heavy atom. The van der Waals surface area contributed by atoms with Gasteiger partial charge < -0.3 is 9.90 Å². The minimum atomic E-state index is 0. The second kappa shape index (κ2) is 49.4. The molecule has 0 saturated carbocycles. The second-order valence-electron chi connectivity index (χ2n) is 0.0913. The van der Waals surface area contributed by atoms with E-state index in [0.717, 1.165) is 0 Å². The molecule has 0 aliphatic rings. The third-order valence-corrected chi connectivity index (χ3v) is 0. The van der Waals surface area contributed by atoms with E-state index >= 15 is 0 Å². The van der Waals surface area contributed by atoms with Gasteiger partial charge in [-0.1, -0.05) is 6.47 Å². The van der Waals surface area contributed by atoms with Crippen LogP contribution < -0.4 is 0 Å². The van der Waals surface area contributed by atoms with Crippen LogP contribution in [0.4, 0.5) is 4.39 Å². The van der Waals surface area contributed by atoms with Crippen molar-refractivity contribution in [3.05, 3.63) is 0 Å². The van der Waals surface area contributed by atoms with Gasteiger partial charge >= 0.3 is 0 Å². The quantitative estimate of drug-likeness (QED) is 0.524. The third kappa shape index (κ3) is 218. The van der Waals surface area contributed by atoms with Crippen molar-refractivity contribution in [2.45, 2.75) is 0 Å². The average Bonchev–Trinajstić information content (AvgIpc) is 1.46. The van der Waals surface area contributed by atoms with Crippen molar-refractivity contribution in [2.24, 2.45) is 0 Å². The van der Waals surface area contributed by atoms with E-state index in [0.29, 0.717) is 13.6 Å². The fourth-order valence-corrected chi connectivity index (χ4v) is 0. The van der Waals surface area contributed by atoms with Crippen LogP contribution in [0.1, 0.15) is 0 Å². The van der Waals surface area contributed by atoms with Gasteiger partial charge in [-0.2, -0.15) is 0 Å². The van der Waals surface area contributed by atoms with E-state index in [9.17, 15) is 4.39 Å². The summed E-state index contributed by atoms with van der Waals surface area (Å²) >= 11 is 0. The molecule has 6 heavy (non-hydrogen) atoms. The van der Waals surface area contributed by atoms with Crippen LogP contribution in [-0.4, -0.2) is 18.8 Å². The van der Waals surface area contributed by atoms with Crippen molar-refractivity contribution < 1.29 is 47.0 Å². The number of hydrogen-bond donors (Lipinski definition) is 1. The summed E-state index contributed by atoms with van der Waals surface area (Å²) in [5.74, 6) is 0. The molecule has 0 aromatic rings. The largest absolute Gasteiger partial charge is 0.665 e. The molecule has 0 saturated heterocycles. The predicted molar refractivity (Wildman–Crippen MR) is 15.4 cm³/mol. The van der Waals surface area contributed by atoms with Gasteiger partial charge in [-0.15, -0.1) is 0 Å². The van der Waals surface area contributed by atoms with E-state index in [2.05, 4.69) is 0 Å². The Bertz CT molecular complexity index is 19.0. The minimum Gasteiger partial charge on any atom is -0.665 e. The summed E-state index contributed by atoms with van der Waals surface area (Å²) in [5, 5.41) is 6.76. The average molecular weight is 168 g/mol. The molecule has 0 amide bonds. The van der Waals surface area contributed by atoms with Gasteiger partial charge in [0.25, 0.3) is 0 Å². The molecule has 1 radical (unpaired) electrons. The molecule has 0 unspecified atom stereocenters. The zero-order valence-corrected chi connectivity index (χ0v) is 6.15. The fourth-order valence-electron chi connectivity index (χ4n) is 0. The van der Waals surface area contributed by atoms with Crippen molar-refractivity contribution in [3.8, 4) is 0 Å². The number of aliphatic hydroxyl groups excluding tert-OH is 1. The summed E-state index contributed by atoms with van der Waals surface area (Å²) in [6.07, 6.45) is 0. The summed E-state index contributed by atoms with van der Waals surface area (Å²) in [6.45, 7) is 0.500. The Morgan fingerprint density at radius 2 is 1.67 bits per heavy atom.